The first kappa shape index (κ1) is 13.8. The zero-order valence-corrected chi connectivity index (χ0v) is 12.7. The summed E-state index contributed by atoms with van der Waals surface area (Å²) in [4.78, 5) is 4.22. The third kappa shape index (κ3) is 3.45. The fourth-order valence-electron chi connectivity index (χ4n) is 1.38. The van der Waals surface area contributed by atoms with Crippen LogP contribution in [0.2, 0.25) is 0 Å². The molecule has 0 atom stereocenters. The van der Waals surface area contributed by atoms with Gasteiger partial charge in [-0.2, -0.15) is 5.10 Å². The Hall–Kier alpha value is -1.60. The second-order valence-corrected chi connectivity index (χ2v) is 5.42. The molecular weight excluding hydrogens is 330 g/mol. The summed E-state index contributed by atoms with van der Waals surface area (Å²) in [5.41, 5.74) is 4.52. The van der Waals surface area contributed by atoms with E-state index in [1.807, 2.05) is 12.3 Å². The van der Waals surface area contributed by atoms with E-state index in [-0.39, 0.29) is 5.75 Å². The second kappa shape index (κ2) is 6.03. The maximum atomic E-state index is 9.70. The van der Waals surface area contributed by atoms with Crippen LogP contribution in [0.15, 0.2) is 27.1 Å². The molecule has 0 aliphatic rings. The molecule has 7 heteroatoms. The van der Waals surface area contributed by atoms with Crippen molar-refractivity contribution >= 4 is 38.6 Å². The Bertz CT molecular complexity index is 613. The van der Waals surface area contributed by atoms with E-state index >= 15 is 0 Å². The highest BCUT2D eigenvalue weighted by molar-refractivity contribution is 9.10. The minimum Gasteiger partial charge on any atom is -0.504 e. The number of hydrogen-bond acceptors (Lipinski definition) is 6. The fraction of sp³-hybridized carbons (Fsp3) is 0.167. The highest BCUT2D eigenvalue weighted by Gasteiger charge is 2.06. The number of aromatic hydroxyl groups is 1. The number of rotatable bonds is 4. The number of phenols is 1. The second-order valence-electron chi connectivity index (χ2n) is 3.71. The maximum absolute atomic E-state index is 9.70. The number of thiazole rings is 1. The summed E-state index contributed by atoms with van der Waals surface area (Å²) in [7, 11) is 1.50. The first-order valence-electron chi connectivity index (χ1n) is 5.38. The van der Waals surface area contributed by atoms with Crippen LogP contribution < -0.4 is 10.2 Å². The number of benzene rings is 1. The Morgan fingerprint density at radius 2 is 2.32 bits per heavy atom. The number of hydrogen-bond donors (Lipinski definition) is 2. The van der Waals surface area contributed by atoms with Gasteiger partial charge in [0.05, 0.1) is 19.0 Å². The largest absolute Gasteiger partial charge is 0.504 e. The number of nitrogens with zero attached hydrogens (tertiary/aromatic N) is 2. The van der Waals surface area contributed by atoms with Crippen LogP contribution in [0.5, 0.6) is 11.5 Å². The number of ether oxygens (including phenoxy) is 1. The highest BCUT2D eigenvalue weighted by Crippen LogP contribution is 2.31. The van der Waals surface area contributed by atoms with E-state index in [0.29, 0.717) is 5.75 Å². The molecule has 2 N–H and O–H groups in total. The number of anilines is 1. The first-order valence-corrected chi connectivity index (χ1v) is 7.05. The lowest BCUT2D eigenvalue weighted by Crippen LogP contribution is -1.92. The molecule has 0 radical (unpaired) electrons. The van der Waals surface area contributed by atoms with Crippen molar-refractivity contribution in [3.8, 4) is 11.5 Å². The molecule has 2 rings (SSSR count). The molecule has 1 aromatic carbocycles. The van der Waals surface area contributed by atoms with Gasteiger partial charge in [0.25, 0.3) is 0 Å². The average Bonchev–Trinajstić information content (AvgIpc) is 2.79. The molecule has 0 aliphatic carbocycles. The van der Waals surface area contributed by atoms with Crippen molar-refractivity contribution in [1.29, 1.82) is 0 Å². The smallest absolute Gasteiger partial charge is 0.203 e. The first-order chi connectivity index (χ1) is 9.10. The van der Waals surface area contributed by atoms with E-state index in [4.69, 9.17) is 4.74 Å². The number of aromatic nitrogens is 1. The molecule has 2 aromatic rings. The van der Waals surface area contributed by atoms with Crippen LogP contribution in [0.25, 0.3) is 0 Å². The van der Waals surface area contributed by atoms with Crippen molar-refractivity contribution in [3.05, 3.63) is 33.2 Å². The van der Waals surface area contributed by atoms with Crippen molar-refractivity contribution in [2.75, 3.05) is 12.5 Å². The van der Waals surface area contributed by atoms with Gasteiger partial charge in [0, 0.05) is 15.4 Å². The molecule has 100 valence electrons. The molecule has 0 saturated heterocycles. The zero-order chi connectivity index (χ0) is 13.8. The van der Waals surface area contributed by atoms with Gasteiger partial charge in [-0.1, -0.05) is 0 Å². The molecule has 0 spiro atoms. The lowest BCUT2D eigenvalue weighted by molar-refractivity contribution is 0.373. The van der Waals surface area contributed by atoms with Crippen LogP contribution >= 0.6 is 27.3 Å². The summed E-state index contributed by atoms with van der Waals surface area (Å²) in [6, 6.07) is 3.26. The van der Waals surface area contributed by atoms with E-state index in [9.17, 15) is 5.11 Å². The number of phenolic OH excluding ortho intramolecular Hbond substituents is 1. The van der Waals surface area contributed by atoms with E-state index in [1.54, 1.807) is 18.3 Å². The molecule has 1 aromatic heterocycles. The predicted octanol–water partition coefficient (Wildman–Crippen LogP) is 3.37. The van der Waals surface area contributed by atoms with Gasteiger partial charge < -0.3 is 9.84 Å². The minimum absolute atomic E-state index is 0.0669. The van der Waals surface area contributed by atoms with Gasteiger partial charge in [-0.05, 0) is 35.0 Å². The van der Waals surface area contributed by atoms with Gasteiger partial charge in [0.2, 0.25) is 5.13 Å². The van der Waals surface area contributed by atoms with Crippen molar-refractivity contribution in [2.45, 2.75) is 6.92 Å². The van der Waals surface area contributed by atoms with E-state index < -0.39 is 0 Å². The van der Waals surface area contributed by atoms with Crippen molar-refractivity contribution < 1.29 is 9.84 Å². The number of nitrogens with one attached hydrogen (secondary N) is 1. The molecular formula is C12H12BrN3O2S. The number of hydrazone groups is 1. The summed E-state index contributed by atoms with van der Waals surface area (Å²) in [6.07, 6.45) is 1.60. The van der Waals surface area contributed by atoms with Crippen LogP contribution in [0.3, 0.4) is 0 Å². The molecule has 0 unspecified atom stereocenters. The Balaban J connectivity index is 2.12. The monoisotopic (exact) mass is 341 g/mol. The van der Waals surface area contributed by atoms with E-state index in [2.05, 4.69) is 31.4 Å². The molecule has 0 saturated carbocycles. The van der Waals surface area contributed by atoms with Crippen LogP contribution in [0.4, 0.5) is 5.13 Å². The number of halogens is 1. The van der Waals surface area contributed by atoms with Gasteiger partial charge in [-0.25, -0.2) is 4.98 Å². The molecule has 0 bridgehead atoms. The van der Waals surface area contributed by atoms with Crippen molar-refractivity contribution in [1.82, 2.24) is 4.98 Å². The molecule has 0 aliphatic heterocycles. The van der Waals surface area contributed by atoms with Crippen molar-refractivity contribution in [2.24, 2.45) is 5.10 Å². The lowest BCUT2D eigenvalue weighted by atomic mass is 10.2. The number of aryl methyl sites for hydroxylation is 1. The van der Waals surface area contributed by atoms with E-state index in [1.165, 1.54) is 18.4 Å². The zero-order valence-electron chi connectivity index (χ0n) is 10.3. The maximum Gasteiger partial charge on any atom is 0.203 e. The SMILES string of the molecule is COc1cc(Br)c(C=NNc2nc(C)cs2)cc1O. The van der Waals surface area contributed by atoms with Gasteiger partial charge in [0.1, 0.15) is 0 Å². The molecule has 0 fully saturated rings. The topological polar surface area (TPSA) is 66.7 Å². The summed E-state index contributed by atoms with van der Waals surface area (Å²) in [5.74, 6) is 0.477. The highest BCUT2D eigenvalue weighted by atomic mass is 79.9. The van der Waals surface area contributed by atoms with Crippen LogP contribution in [-0.4, -0.2) is 23.4 Å². The predicted molar refractivity (Wildman–Crippen MR) is 80.4 cm³/mol. The summed E-state index contributed by atoms with van der Waals surface area (Å²) >= 11 is 4.87. The third-order valence-corrected chi connectivity index (χ3v) is 3.83. The number of methoxy groups -OCH3 is 1. The summed E-state index contributed by atoms with van der Waals surface area (Å²) in [6.45, 7) is 1.92. The van der Waals surface area contributed by atoms with Crippen molar-refractivity contribution in [3.63, 3.8) is 0 Å². The van der Waals surface area contributed by atoms with Gasteiger partial charge >= 0.3 is 0 Å². The van der Waals surface area contributed by atoms with Gasteiger partial charge in [0.15, 0.2) is 11.5 Å². The Morgan fingerprint density at radius 3 is 2.95 bits per heavy atom. The lowest BCUT2D eigenvalue weighted by Gasteiger charge is -2.05. The summed E-state index contributed by atoms with van der Waals surface area (Å²) < 4.78 is 5.79. The minimum atomic E-state index is 0.0669. The van der Waals surface area contributed by atoms with Crippen LogP contribution in [0.1, 0.15) is 11.3 Å². The molecule has 1 heterocycles. The van der Waals surface area contributed by atoms with E-state index in [0.717, 1.165) is 20.9 Å². The third-order valence-electron chi connectivity index (χ3n) is 2.28. The quantitative estimate of drug-likeness (QED) is 0.660. The Labute approximate surface area is 123 Å². The molecule has 5 nitrogen and oxygen atoms in total. The standard InChI is InChI=1S/C12H12BrN3O2S/c1-7-6-19-12(15-7)16-14-5-8-3-10(17)11(18-2)4-9(8)13/h3-6,17H,1-2H3,(H,15,16). The Morgan fingerprint density at radius 1 is 1.53 bits per heavy atom. The Kier molecular flexibility index (Phi) is 4.39. The average molecular weight is 342 g/mol. The fourth-order valence-corrected chi connectivity index (χ4v) is 2.45. The normalized spacial score (nSPS) is 10.9. The summed E-state index contributed by atoms with van der Waals surface area (Å²) in [5, 5.41) is 16.4. The molecule has 0 amide bonds. The van der Waals surface area contributed by atoms with Crippen LogP contribution in [-0.2, 0) is 0 Å². The van der Waals surface area contributed by atoms with Gasteiger partial charge in [-0.15, -0.1) is 11.3 Å². The van der Waals surface area contributed by atoms with Crippen LogP contribution in [0, 0.1) is 6.92 Å². The molecule has 19 heavy (non-hydrogen) atoms. The van der Waals surface area contributed by atoms with Gasteiger partial charge in [-0.3, -0.25) is 5.43 Å².